The Balaban J connectivity index is 1.52. The summed E-state index contributed by atoms with van der Waals surface area (Å²) < 4.78 is 3.57. The van der Waals surface area contributed by atoms with E-state index in [2.05, 4.69) is 53.3 Å². The van der Waals surface area contributed by atoms with Gasteiger partial charge in [-0.25, -0.2) is 4.79 Å². The third-order valence-electron chi connectivity index (χ3n) is 6.62. The lowest BCUT2D eigenvalue weighted by atomic mass is 9.85. The van der Waals surface area contributed by atoms with Crippen molar-refractivity contribution in [1.82, 2.24) is 34.7 Å². The second-order valence-corrected chi connectivity index (χ2v) is 10.8. The maximum absolute atomic E-state index is 13.8. The van der Waals surface area contributed by atoms with Crippen molar-refractivity contribution in [2.24, 2.45) is 0 Å². The number of pyridine rings is 1. The van der Waals surface area contributed by atoms with Crippen LogP contribution in [0.5, 0.6) is 0 Å². The number of H-pyrrole nitrogens is 1. The molecular formula is C29H30ClN7O. The molecule has 1 N–H and O–H groups in total. The van der Waals surface area contributed by atoms with E-state index in [-0.39, 0.29) is 11.1 Å². The first-order valence-electron chi connectivity index (χ1n) is 12.7. The summed E-state index contributed by atoms with van der Waals surface area (Å²) in [7, 11) is 0. The van der Waals surface area contributed by atoms with Crippen LogP contribution in [0, 0.1) is 0 Å². The molecule has 0 aliphatic rings. The Morgan fingerprint density at radius 2 is 1.82 bits per heavy atom. The fraction of sp³-hybridized carbons (Fsp3) is 0.276. The lowest BCUT2D eigenvalue weighted by molar-refractivity contribution is 0.584. The number of tetrazole rings is 1. The quantitative estimate of drug-likeness (QED) is 0.287. The predicted octanol–water partition coefficient (Wildman–Crippen LogP) is 5.83. The summed E-state index contributed by atoms with van der Waals surface area (Å²) in [6.45, 7) is 8.97. The molecule has 0 radical (unpaired) electrons. The lowest BCUT2D eigenvalue weighted by Crippen LogP contribution is -2.27. The number of hydrogen-bond donors (Lipinski definition) is 1. The molecule has 0 atom stereocenters. The summed E-state index contributed by atoms with van der Waals surface area (Å²) in [6, 6.07) is 15.9. The molecule has 9 heteroatoms. The van der Waals surface area contributed by atoms with Crippen molar-refractivity contribution in [2.45, 2.75) is 52.5 Å². The van der Waals surface area contributed by atoms with Gasteiger partial charge in [0.1, 0.15) is 0 Å². The molecule has 0 fully saturated rings. The molecule has 3 aromatic heterocycles. The van der Waals surface area contributed by atoms with Crippen molar-refractivity contribution in [3.63, 3.8) is 0 Å². The monoisotopic (exact) mass is 527 g/mol. The van der Waals surface area contributed by atoms with Crippen LogP contribution in [0.15, 0.2) is 71.9 Å². The molecule has 2 aromatic carbocycles. The summed E-state index contributed by atoms with van der Waals surface area (Å²) in [4.78, 5) is 18.0. The van der Waals surface area contributed by atoms with Crippen molar-refractivity contribution in [2.75, 3.05) is 0 Å². The Bertz CT molecular complexity index is 1610. The highest BCUT2D eigenvalue weighted by Gasteiger charge is 2.23. The van der Waals surface area contributed by atoms with Crippen LogP contribution in [0.4, 0.5) is 0 Å². The minimum absolute atomic E-state index is 0.0929. The van der Waals surface area contributed by atoms with Crippen molar-refractivity contribution in [1.29, 1.82) is 0 Å². The number of rotatable bonds is 7. The van der Waals surface area contributed by atoms with E-state index >= 15 is 0 Å². The summed E-state index contributed by atoms with van der Waals surface area (Å²) in [5.74, 6) is 0.489. The second-order valence-electron chi connectivity index (χ2n) is 10.3. The summed E-state index contributed by atoms with van der Waals surface area (Å²) >= 11 is 6.68. The van der Waals surface area contributed by atoms with Crippen LogP contribution < -0.4 is 5.69 Å². The summed E-state index contributed by atoms with van der Waals surface area (Å²) in [5.41, 5.74) is 6.28. The molecule has 194 valence electrons. The largest absolute Gasteiger partial charge is 0.333 e. The van der Waals surface area contributed by atoms with Crippen molar-refractivity contribution in [3.8, 4) is 28.2 Å². The minimum atomic E-state index is -0.171. The number of aromatic amines is 1. The molecule has 0 aliphatic heterocycles. The molecule has 3 heterocycles. The third kappa shape index (κ3) is 4.91. The van der Waals surface area contributed by atoms with Gasteiger partial charge in [-0.2, -0.15) is 5.21 Å². The fourth-order valence-electron chi connectivity index (χ4n) is 4.75. The molecule has 0 saturated carbocycles. The maximum Gasteiger partial charge on any atom is 0.333 e. The average Bonchev–Trinajstić information content (AvgIpc) is 3.54. The molecule has 0 amide bonds. The number of benzene rings is 2. The fourth-order valence-corrected chi connectivity index (χ4v) is 5.02. The van der Waals surface area contributed by atoms with Gasteiger partial charge in [-0.15, -0.1) is 10.2 Å². The van der Waals surface area contributed by atoms with E-state index < -0.39 is 0 Å². The van der Waals surface area contributed by atoms with Gasteiger partial charge in [0, 0.05) is 29.8 Å². The number of para-hydroxylation sites is 1. The second kappa shape index (κ2) is 10.4. The Kier molecular flexibility index (Phi) is 6.99. The number of nitrogens with zero attached hydrogens (tertiary/aromatic N) is 6. The van der Waals surface area contributed by atoms with Gasteiger partial charge in [0.25, 0.3) is 0 Å². The zero-order valence-corrected chi connectivity index (χ0v) is 22.7. The molecule has 0 bridgehead atoms. The molecule has 0 saturated heterocycles. The first-order valence-corrected chi connectivity index (χ1v) is 13.0. The van der Waals surface area contributed by atoms with Gasteiger partial charge in [0.15, 0.2) is 0 Å². The van der Waals surface area contributed by atoms with E-state index in [1.165, 1.54) is 0 Å². The highest BCUT2D eigenvalue weighted by Crippen LogP contribution is 2.33. The predicted molar refractivity (Wildman–Crippen MR) is 150 cm³/mol. The minimum Gasteiger partial charge on any atom is -0.292 e. The first-order chi connectivity index (χ1) is 18.3. The molecular weight excluding hydrogens is 498 g/mol. The molecule has 0 aliphatic carbocycles. The third-order valence-corrected chi connectivity index (χ3v) is 6.92. The Morgan fingerprint density at radius 1 is 1.03 bits per heavy atom. The van der Waals surface area contributed by atoms with Gasteiger partial charge < -0.3 is 0 Å². The molecule has 38 heavy (non-hydrogen) atoms. The number of halogens is 1. The van der Waals surface area contributed by atoms with E-state index in [4.69, 9.17) is 11.6 Å². The van der Waals surface area contributed by atoms with Crippen LogP contribution in [0.25, 0.3) is 28.2 Å². The lowest BCUT2D eigenvalue weighted by Gasteiger charge is -2.23. The van der Waals surface area contributed by atoms with Gasteiger partial charge in [0.05, 0.1) is 17.3 Å². The van der Waals surface area contributed by atoms with Crippen LogP contribution in [0.3, 0.4) is 0 Å². The van der Waals surface area contributed by atoms with Gasteiger partial charge in [-0.1, -0.05) is 82.1 Å². The SMILES string of the molecule is CCCc1cn(-c2c(Cl)cccc2C(C)(C)C)c(=O)n1Cc1ccc(-c2ccncc2-c2nn[nH]n2)cc1. The number of nitrogens with one attached hydrogen (secondary N) is 1. The van der Waals surface area contributed by atoms with Crippen LogP contribution in [-0.2, 0) is 18.4 Å². The molecule has 0 spiro atoms. The number of hydrogen-bond acceptors (Lipinski definition) is 5. The standard InChI is InChI=1S/C29H30ClN7O/c1-5-7-21-18-37(26-24(29(2,3)4)8-6-9-25(26)30)28(38)36(21)17-19-10-12-20(13-11-19)22-14-15-31-16-23(22)27-32-34-35-33-27/h6,8-16,18H,5,7,17H2,1-4H3,(H,32,33,34,35). The van der Waals surface area contributed by atoms with Crippen LogP contribution in [0.2, 0.25) is 5.02 Å². The Labute approximate surface area is 226 Å². The van der Waals surface area contributed by atoms with E-state index in [1.54, 1.807) is 17.0 Å². The van der Waals surface area contributed by atoms with Gasteiger partial charge in [0.2, 0.25) is 5.82 Å². The first kappa shape index (κ1) is 25.6. The molecule has 0 unspecified atom stereocenters. The number of imidazole rings is 1. The zero-order chi connectivity index (χ0) is 26.9. The summed E-state index contributed by atoms with van der Waals surface area (Å²) in [5, 5.41) is 14.9. The van der Waals surface area contributed by atoms with E-state index in [1.807, 2.05) is 59.3 Å². The van der Waals surface area contributed by atoms with E-state index in [9.17, 15) is 4.79 Å². The van der Waals surface area contributed by atoms with Crippen molar-refractivity contribution in [3.05, 3.63) is 99.4 Å². The van der Waals surface area contributed by atoms with Gasteiger partial charge in [-0.05, 0) is 51.4 Å². The van der Waals surface area contributed by atoms with Gasteiger partial charge in [-0.3, -0.25) is 14.1 Å². The topological polar surface area (TPSA) is 94.3 Å². The molecule has 5 rings (SSSR count). The normalized spacial score (nSPS) is 11.7. The zero-order valence-electron chi connectivity index (χ0n) is 21.9. The smallest absolute Gasteiger partial charge is 0.292 e. The number of aromatic nitrogens is 7. The number of aryl methyl sites for hydroxylation is 1. The highest BCUT2D eigenvalue weighted by molar-refractivity contribution is 6.32. The average molecular weight is 528 g/mol. The summed E-state index contributed by atoms with van der Waals surface area (Å²) in [6.07, 6.45) is 7.14. The molecule has 8 nitrogen and oxygen atoms in total. The van der Waals surface area contributed by atoms with Crippen LogP contribution in [0.1, 0.15) is 50.9 Å². The highest BCUT2D eigenvalue weighted by atomic mass is 35.5. The molecule has 5 aromatic rings. The van der Waals surface area contributed by atoms with Crippen LogP contribution >= 0.6 is 11.6 Å². The Hall–Kier alpha value is -4.04. The van der Waals surface area contributed by atoms with E-state index in [0.717, 1.165) is 52.0 Å². The van der Waals surface area contributed by atoms with Gasteiger partial charge >= 0.3 is 5.69 Å². The van der Waals surface area contributed by atoms with Crippen LogP contribution in [-0.4, -0.2) is 34.7 Å². The van der Waals surface area contributed by atoms with Crippen molar-refractivity contribution < 1.29 is 0 Å². The van der Waals surface area contributed by atoms with E-state index in [0.29, 0.717) is 17.4 Å². The Morgan fingerprint density at radius 3 is 2.50 bits per heavy atom. The van der Waals surface area contributed by atoms with Crippen molar-refractivity contribution >= 4 is 11.6 Å². The maximum atomic E-state index is 13.8.